The van der Waals surface area contributed by atoms with E-state index in [0.717, 1.165) is 5.56 Å². The molecule has 7 nitrogen and oxygen atoms in total. The molecule has 0 saturated carbocycles. The van der Waals surface area contributed by atoms with Crippen LogP contribution >= 0.6 is 11.8 Å². The second kappa shape index (κ2) is 10.6. The number of hydrogen-bond donors (Lipinski definition) is 1. The van der Waals surface area contributed by atoms with E-state index in [0.29, 0.717) is 17.9 Å². The van der Waals surface area contributed by atoms with Crippen LogP contribution in [0.1, 0.15) is 39.7 Å². The van der Waals surface area contributed by atoms with Crippen molar-refractivity contribution in [1.82, 2.24) is 9.62 Å². The molecular weight excluding hydrogens is 424 g/mol. The average Bonchev–Trinajstić information content (AvgIpc) is 2.67. The van der Waals surface area contributed by atoms with Crippen molar-refractivity contribution >= 4 is 33.7 Å². The van der Waals surface area contributed by atoms with Gasteiger partial charge in [0.05, 0.1) is 11.0 Å². The number of nitrogens with zero attached hydrogens (tertiary/aromatic N) is 1. The Bertz CT molecular complexity index is 837. The number of esters is 1. The van der Waals surface area contributed by atoms with Crippen LogP contribution < -0.4 is 5.32 Å². The van der Waals surface area contributed by atoms with E-state index >= 15 is 0 Å². The van der Waals surface area contributed by atoms with Crippen LogP contribution in [0.3, 0.4) is 0 Å². The molecule has 1 heterocycles. The van der Waals surface area contributed by atoms with Gasteiger partial charge in [0.2, 0.25) is 15.9 Å². The Labute approximate surface area is 184 Å². The monoisotopic (exact) mass is 456 g/mol. The van der Waals surface area contributed by atoms with Crippen LogP contribution in [-0.2, 0) is 24.3 Å². The highest BCUT2D eigenvalue weighted by molar-refractivity contribution is 7.99. The molecule has 0 bridgehead atoms. The number of ether oxygens (including phenoxy) is 1. The molecule has 30 heavy (non-hydrogen) atoms. The van der Waals surface area contributed by atoms with Gasteiger partial charge in [-0.1, -0.05) is 31.5 Å². The average molecular weight is 457 g/mol. The van der Waals surface area contributed by atoms with Crippen molar-refractivity contribution in [2.75, 3.05) is 18.1 Å². The SMILES string of the molecule is Cc1ccc(S(=O)(=O)N2CCSC[C@H]2C(=O)N[C@H](CC(C)C)C(=O)OC(C)C)cc1. The molecule has 1 aromatic rings. The fraction of sp³-hybridized carbons (Fsp3) is 0.619. The number of amides is 1. The lowest BCUT2D eigenvalue weighted by molar-refractivity contribution is -0.152. The molecule has 0 spiro atoms. The number of aryl methyl sites for hydroxylation is 1. The molecule has 2 atom stereocenters. The van der Waals surface area contributed by atoms with Crippen molar-refractivity contribution in [2.45, 2.75) is 64.1 Å². The van der Waals surface area contributed by atoms with Gasteiger partial charge in [-0.25, -0.2) is 13.2 Å². The Hall–Kier alpha value is -1.58. The number of carbonyl (C=O) groups excluding carboxylic acids is 2. The molecule has 9 heteroatoms. The van der Waals surface area contributed by atoms with Gasteiger partial charge in [0, 0.05) is 18.1 Å². The third-order valence-corrected chi connectivity index (χ3v) is 7.61. The van der Waals surface area contributed by atoms with Crippen molar-refractivity contribution in [1.29, 1.82) is 0 Å². The van der Waals surface area contributed by atoms with Gasteiger partial charge in [0.1, 0.15) is 12.1 Å². The number of sulfonamides is 1. The van der Waals surface area contributed by atoms with E-state index < -0.39 is 34.0 Å². The number of thioether (sulfide) groups is 1. The number of benzene rings is 1. The minimum Gasteiger partial charge on any atom is -0.461 e. The summed E-state index contributed by atoms with van der Waals surface area (Å²) in [5, 5.41) is 2.75. The molecule has 2 rings (SSSR count). The summed E-state index contributed by atoms with van der Waals surface area (Å²) in [5.41, 5.74) is 0.956. The Morgan fingerprint density at radius 3 is 2.40 bits per heavy atom. The van der Waals surface area contributed by atoms with Crippen LogP contribution in [0.4, 0.5) is 0 Å². The smallest absolute Gasteiger partial charge is 0.328 e. The summed E-state index contributed by atoms with van der Waals surface area (Å²) in [6.07, 6.45) is 0.120. The quantitative estimate of drug-likeness (QED) is 0.605. The normalized spacial score (nSPS) is 19.0. The Morgan fingerprint density at radius 1 is 1.20 bits per heavy atom. The third kappa shape index (κ3) is 6.46. The maximum absolute atomic E-state index is 13.2. The van der Waals surface area contributed by atoms with Gasteiger partial charge >= 0.3 is 5.97 Å². The topological polar surface area (TPSA) is 92.8 Å². The van der Waals surface area contributed by atoms with Crippen molar-refractivity contribution in [3.8, 4) is 0 Å². The van der Waals surface area contributed by atoms with Crippen LogP contribution in [0, 0.1) is 12.8 Å². The summed E-state index contributed by atoms with van der Waals surface area (Å²) in [6.45, 7) is 9.53. The lowest BCUT2D eigenvalue weighted by atomic mass is 10.0. The first-order chi connectivity index (χ1) is 14.0. The second-order valence-electron chi connectivity index (χ2n) is 8.20. The summed E-state index contributed by atoms with van der Waals surface area (Å²) in [4.78, 5) is 25.7. The van der Waals surface area contributed by atoms with Crippen LogP contribution in [0.2, 0.25) is 0 Å². The summed E-state index contributed by atoms with van der Waals surface area (Å²) in [7, 11) is -3.83. The molecule has 0 unspecified atom stereocenters. The molecule has 1 amide bonds. The predicted octanol–water partition coefficient (Wildman–Crippen LogP) is 2.58. The lowest BCUT2D eigenvalue weighted by Gasteiger charge is -2.34. The minimum absolute atomic E-state index is 0.156. The summed E-state index contributed by atoms with van der Waals surface area (Å²) in [6, 6.07) is 4.90. The van der Waals surface area contributed by atoms with E-state index in [9.17, 15) is 18.0 Å². The van der Waals surface area contributed by atoms with Crippen molar-refractivity contribution in [2.24, 2.45) is 5.92 Å². The van der Waals surface area contributed by atoms with Crippen molar-refractivity contribution < 1.29 is 22.7 Å². The molecular formula is C21H32N2O5S2. The van der Waals surface area contributed by atoms with Gasteiger partial charge < -0.3 is 10.1 Å². The van der Waals surface area contributed by atoms with Gasteiger partial charge in [-0.15, -0.1) is 0 Å². The number of nitrogens with one attached hydrogen (secondary N) is 1. The maximum atomic E-state index is 13.2. The first kappa shape index (κ1) is 24.7. The van der Waals surface area contributed by atoms with Gasteiger partial charge in [-0.05, 0) is 45.2 Å². The standard InChI is InChI=1S/C21H32N2O5S2/c1-14(2)12-18(21(25)28-15(3)4)22-20(24)19-13-29-11-10-23(19)30(26,27)17-8-6-16(5)7-9-17/h6-9,14-15,18-19H,10-13H2,1-5H3,(H,22,24)/t18-,19+/m1/s1. The molecule has 1 fully saturated rings. The zero-order valence-corrected chi connectivity index (χ0v) is 19.9. The molecule has 0 aliphatic carbocycles. The third-order valence-electron chi connectivity index (χ3n) is 4.67. The Balaban J connectivity index is 2.24. The first-order valence-electron chi connectivity index (χ1n) is 10.2. The molecule has 168 valence electrons. The number of rotatable bonds is 8. The van der Waals surface area contributed by atoms with Crippen molar-refractivity contribution in [3.05, 3.63) is 29.8 Å². The van der Waals surface area contributed by atoms with Gasteiger partial charge in [0.25, 0.3) is 0 Å². The van der Waals surface area contributed by atoms with E-state index in [-0.39, 0.29) is 23.5 Å². The van der Waals surface area contributed by atoms with Crippen LogP contribution in [0.15, 0.2) is 29.2 Å². The van der Waals surface area contributed by atoms with Gasteiger partial charge in [-0.2, -0.15) is 16.1 Å². The summed E-state index contributed by atoms with van der Waals surface area (Å²) in [5.74, 6) is 0.139. The largest absolute Gasteiger partial charge is 0.461 e. The number of hydrogen-bond acceptors (Lipinski definition) is 6. The van der Waals surface area contributed by atoms with E-state index in [1.165, 1.54) is 16.1 Å². The molecule has 0 aromatic heterocycles. The summed E-state index contributed by atoms with van der Waals surface area (Å²) < 4.78 is 32.9. The zero-order valence-electron chi connectivity index (χ0n) is 18.3. The zero-order chi connectivity index (χ0) is 22.5. The molecule has 1 aliphatic heterocycles. The molecule has 1 N–H and O–H groups in total. The fourth-order valence-corrected chi connectivity index (χ4v) is 6.04. The number of carbonyl (C=O) groups is 2. The summed E-state index contributed by atoms with van der Waals surface area (Å²) >= 11 is 1.53. The molecule has 1 saturated heterocycles. The predicted molar refractivity (Wildman–Crippen MR) is 119 cm³/mol. The molecule has 1 aromatic carbocycles. The van der Waals surface area contributed by atoms with E-state index in [2.05, 4.69) is 5.32 Å². The highest BCUT2D eigenvalue weighted by Crippen LogP contribution is 2.25. The molecule has 0 radical (unpaired) electrons. The first-order valence-corrected chi connectivity index (χ1v) is 12.8. The fourth-order valence-electron chi connectivity index (χ4n) is 3.20. The minimum atomic E-state index is -3.83. The second-order valence-corrected chi connectivity index (χ2v) is 11.2. The van der Waals surface area contributed by atoms with E-state index in [1.54, 1.807) is 38.1 Å². The lowest BCUT2D eigenvalue weighted by Crippen LogP contribution is -2.56. The maximum Gasteiger partial charge on any atom is 0.328 e. The van der Waals surface area contributed by atoms with E-state index in [4.69, 9.17) is 4.74 Å². The van der Waals surface area contributed by atoms with Crippen LogP contribution in [0.5, 0.6) is 0 Å². The van der Waals surface area contributed by atoms with Gasteiger partial charge in [0.15, 0.2) is 0 Å². The van der Waals surface area contributed by atoms with Crippen molar-refractivity contribution in [3.63, 3.8) is 0 Å². The Morgan fingerprint density at radius 2 is 1.83 bits per heavy atom. The van der Waals surface area contributed by atoms with Gasteiger partial charge in [-0.3, -0.25) is 4.79 Å². The van der Waals surface area contributed by atoms with E-state index in [1.807, 2.05) is 20.8 Å². The Kier molecular flexibility index (Phi) is 8.75. The highest BCUT2D eigenvalue weighted by atomic mass is 32.2. The highest BCUT2D eigenvalue weighted by Gasteiger charge is 2.39. The van der Waals surface area contributed by atoms with Crippen LogP contribution in [0.25, 0.3) is 0 Å². The van der Waals surface area contributed by atoms with Crippen LogP contribution in [-0.4, -0.2) is 60.8 Å². The molecule has 1 aliphatic rings.